The number of thiophene rings is 1. The molecule has 7 heteroatoms. The third kappa shape index (κ3) is 4.05. The summed E-state index contributed by atoms with van der Waals surface area (Å²) in [5.74, 6) is 2.28. The van der Waals surface area contributed by atoms with Gasteiger partial charge in [0.05, 0.1) is 16.3 Å². The number of ether oxygens (including phenoxy) is 2. The number of likely N-dealkylation sites (tertiary alicyclic amines) is 1. The number of aryl methyl sites for hydroxylation is 1. The Morgan fingerprint density at radius 2 is 2.21 bits per heavy atom. The van der Waals surface area contributed by atoms with E-state index in [-0.39, 0.29) is 12.1 Å². The highest BCUT2D eigenvalue weighted by Crippen LogP contribution is 2.34. The zero-order chi connectivity index (χ0) is 19.5. The molecule has 1 atom stereocenters. The summed E-state index contributed by atoms with van der Waals surface area (Å²) < 4.78 is 18.4. The van der Waals surface area contributed by atoms with Gasteiger partial charge in [-0.3, -0.25) is 9.88 Å². The van der Waals surface area contributed by atoms with Gasteiger partial charge in [0.1, 0.15) is 18.5 Å². The molecule has 1 aliphatic rings. The van der Waals surface area contributed by atoms with Crippen LogP contribution in [0.2, 0.25) is 0 Å². The highest BCUT2D eigenvalue weighted by Gasteiger charge is 2.27. The Bertz CT molecular complexity index is 943. The molecule has 0 bridgehead atoms. The summed E-state index contributed by atoms with van der Waals surface area (Å²) in [6.45, 7) is 10.2. The van der Waals surface area contributed by atoms with Crippen molar-refractivity contribution in [3.05, 3.63) is 47.7 Å². The summed E-state index contributed by atoms with van der Waals surface area (Å²) in [6.07, 6.45) is 5.70. The number of hydrogen-bond acceptors (Lipinski definition) is 7. The number of rotatable bonds is 7. The van der Waals surface area contributed by atoms with Crippen LogP contribution in [0.1, 0.15) is 36.4 Å². The molecule has 148 valence electrons. The molecular weight excluding hydrogens is 374 g/mol. The zero-order valence-electron chi connectivity index (χ0n) is 16.3. The Balaban J connectivity index is 1.35. The molecule has 3 aromatic heterocycles. The SMILES string of the molecule is C=CCOc1cc(C(C)N2CCC(Oc3ccnc4cc(C)sc34)CC2)on1. The van der Waals surface area contributed by atoms with Crippen molar-refractivity contribution < 1.29 is 14.0 Å². The molecule has 1 saturated heterocycles. The third-order valence-corrected chi connectivity index (χ3v) is 6.14. The number of piperidine rings is 1. The van der Waals surface area contributed by atoms with Crippen LogP contribution in [0.4, 0.5) is 0 Å². The summed E-state index contributed by atoms with van der Waals surface area (Å²) in [4.78, 5) is 8.09. The van der Waals surface area contributed by atoms with Crippen LogP contribution in [0.15, 0.2) is 41.6 Å². The van der Waals surface area contributed by atoms with E-state index >= 15 is 0 Å². The minimum absolute atomic E-state index is 0.155. The zero-order valence-corrected chi connectivity index (χ0v) is 17.1. The first-order chi connectivity index (χ1) is 13.6. The van der Waals surface area contributed by atoms with E-state index in [0.717, 1.165) is 47.7 Å². The molecule has 1 unspecified atom stereocenters. The molecule has 0 aromatic carbocycles. The second kappa shape index (κ2) is 8.32. The summed E-state index contributed by atoms with van der Waals surface area (Å²) in [5.41, 5.74) is 1.02. The predicted molar refractivity (Wildman–Crippen MR) is 110 cm³/mol. The molecule has 4 heterocycles. The number of nitrogens with zero attached hydrogens (tertiary/aromatic N) is 3. The Morgan fingerprint density at radius 1 is 1.39 bits per heavy atom. The molecule has 1 aliphatic heterocycles. The Morgan fingerprint density at radius 3 is 3.00 bits per heavy atom. The largest absolute Gasteiger partial charge is 0.489 e. The maximum absolute atomic E-state index is 6.34. The lowest BCUT2D eigenvalue weighted by molar-refractivity contribution is 0.0725. The number of pyridine rings is 1. The summed E-state index contributed by atoms with van der Waals surface area (Å²) >= 11 is 1.74. The second-order valence-electron chi connectivity index (χ2n) is 7.08. The summed E-state index contributed by atoms with van der Waals surface area (Å²) in [6, 6.07) is 6.11. The Kier molecular flexibility index (Phi) is 5.64. The van der Waals surface area contributed by atoms with Gasteiger partial charge >= 0.3 is 0 Å². The summed E-state index contributed by atoms with van der Waals surface area (Å²) in [5, 5.41) is 3.97. The lowest BCUT2D eigenvalue weighted by Gasteiger charge is -2.35. The average molecular weight is 400 g/mol. The quantitative estimate of drug-likeness (QED) is 0.534. The van der Waals surface area contributed by atoms with Crippen molar-refractivity contribution in [2.45, 2.75) is 38.8 Å². The van der Waals surface area contributed by atoms with E-state index in [4.69, 9.17) is 14.0 Å². The molecule has 0 amide bonds. The van der Waals surface area contributed by atoms with E-state index in [1.165, 1.54) is 4.88 Å². The monoisotopic (exact) mass is 399 g/mol. The van der Waals surface area contributed by atoms with Gasteiger partial charge in [-0.2, -0.15) is 0 Å². The number of fused-ring (bicyclic) bond motifs is 1. The van der Waals surface area contributed by atoms with Crippen LogP contribution in [-0.4, -0.2) is 40.8 Å². The molecule has 0 saturated carbocycles. The van der Waals surface area contributed by atoms with E-state index in [9.17, 15) is 0 Å². The fourth-order valence-corrected chi connectivity index (χ4v) is 4.47. The lowest BCUT2D eigenvalue weighted by Crippen LogP contribution is -2.39. The van der Waals surface area contributed by atoms with Gasteiger partial charge < -0.3 is 14.0 Å². The number of hydrogen-bond donors (Lipinski definition) is 0. The first kappa shape index (κ1) is 19.0. The molecule has 0 aliphatic carbocycles. The lowest BCUT2D eigenvalue weighted by atomic mass is 10.0. The van der Waals surface area contributed by atoms with Crippen molar-refractivity contribution in [2.75, 3.05) is 19.7 Å². The molecule has 3 aromatic rings. The highest BCUT2D eigenvalue weighted by atomic mass is 32.1. The maximum atomic E-state index is 6.34. The van der Waals surface area contributed by atoms with E-state index in [2.05, 4.69) is 41.5 Å². The van der Waals surface area contributed by atoms with E-state index in [0.29, 0.717) is 12.5 Å². The molecular formula is C21H25N3O3S. The van der Waals surface area contributed by atoms with E-state index in [1.807, 2.05) is 18.3 Å². The van der Waals surface area contributed by atoms with Crippen molar-refractivity contribution in [2.24, 2.45) is 0 Å². The predicted octanol–water partition coefficient (Wildman–Crippen LogP) is 4.76. The molecule has 28 heavy (non-hydrogen) atoms. The van der Waals surface area contributed by atoms with Gasteiger partial charge in [-0.25, -0.2) is 0 Å². The summed E-state index contributed by atoms with van der Waals surface area (Å²) in [7, 11) is 0. The van der Waals surface area contributed by atoms with Gasteiger partial charge in [0.15, 0.2) is 5.76 Å². The third-order valence-electron chi connectivity index (χ3n) is 5.08. The molecule has 4 rings (SSSR count). The van der Waals surface area contributed by atoms with Crippen molar-refractivity contribution in [1.82, 2.24) is 15.0 Å². The van der Waals surface area contributed by atoms with Crippen LogP contribution in [0.3, 0.4) is 0 Å². The van der Waals surface area contributed by atoms with Crippen LogP contribution in [-0.2, 0) is 0 Å². The van der Waals surface area contributed by atoms with Gasteiger partial charge in [-0.15, -0.1) is 11.3 Å². The van der Waals surface area contributed by atoms with Crippen molar-refractivity contribution in [3.63, 3.8) is 0 Å². The molecule has 0 spiro atoms. The van der Waals surface area contributed by atoms with Crippen molar-refractivity contribution in [1.29, 1.82) is 0 Å². The molecule has 6 nitrogen and oxygen atoms in total. The van der Waals surface area contributed by atoms with Crippen LogP contribution in [0.25, 0.3) is 10.2 Å². The van der Waals surface area contributed by atoms with Gasteiger partial charge in [0, 0.05) is 30.2 Å². The average Bonchev–Trinajstić information content (AvgIpc) is 3.33. The first-order valence-electron chi connectivity index (χ1n) is 9.60. The van der Waals surface area contributed by atoms with E-state index in [1.54, 1.807) is 17.4 Å². The van der Waals surface area contributed by atoms with Gasteiger partial charge in [0.2, 0.25) is 0 Å². The molecule has 1 fully saturated rings. The Labute approximate surface area is 168 Å². The van der Waals surface area contributed by atoms with Crippen LogP contribution < -0.4 is 9.47 Å². The topological polar surface area (TPSA) is 60.6 Å². The Hall–Kier alpha value is -2.38. The number of aromatic nitrogens is 2. The maximum Gasteiger partial charge on any atom is 0.254 e. The first-order valence-corrected chi connectivity index (χ1v) is 10.4. The van der Waals surface area contributed by atoms with Crippen molar-refractivity contribution >= 4 is 21.6 Å². The van der Waals surface area contributed by atoms with Crippen molar-refractivity contribution in [3.8, 4) is 11.6 Å². The fourth-order valence-electron chi connectivity index (χ4n) is 3.55. The van der Waals surface area contributed by atoms with Gasteiger partial charge in [-0.1, -0.05) is 12.7 Å². The van der Waals surface area contributed by atoms with Gasteiger partial charge in [-0.05, 0) is 44.0 Å². The minimum atomic E-state index is 0.155. The second-order valence-corrected chi connectivity index (χ2v) is 8.33. The highest BCUT2D eigenvalue weighted by molar-refractivity contribution is 7.19. The van der Waals surface area contributed by atoms with Crippen LogP contribution in [0.5, 0.6) is 11.6 Å². The molecule has 0 radical (unpaired) electrons. The fraction of sp³-hybridized carbons (Fsp3) is 0.429. The van der Waals surface area contributed by atoms with Crippen LogP contribution in [0, 0.1) is 6.92 Å². The van der Waals surface area contributed by atoms with Gasteiger partial charge in [0.25, 0.3) is 5.88 Å². The molecule has 0 N–H and O–H groups in total. The van der Waals surface area contributed by atoms with Crippen LogP contribution >= 0.6 is 11.3 Å². The normalized spacial score (nSPS) is 16.9. The minimum Gasteiger partial charge on any atom is -0.489 e. The van der Waals surface area contributed by atoms with E-state index < -0.39 is 0 Å². The standard InChI is InChI=1S/C21H25N3O3S/c1-4-11-25-20-13-19(27-23-20)15(3)24-9-6-16(7-10-24)26-18-5-8-22-17-12-14(2)28-21(17)18/h4-5,8,12-13,15-16H,1,6-7,9-11H2,2-3H3. The smallest absolute Gasteiger partial charge is 0.254 e.